The Labute approximate surface area is 169 Å². The summed E-state index contributed by atoms with van der Waals surface area (Å²) in [6.45, 7) is 5.19. The van der Waals surface area contributed by atoms with E-state index in [9.17, 15) is 13.2 Å². The number of amides is 1. The third-order valence-corrected chi connectivity index (χ3v) is 6.45. The predicted molar refractivity (Wildman–Crippen MR) is 111 cm³/mol. The zero-order valence-corrected chi connectivity index (χ0v) is 17.4. The number of sulfonamides is 1. The van der Waals surface area contributed by atoms with Crippen LogP contribution < -0.4 is 10.5 Å². The van der Waals surface area contributed by atoms with E-state index in [2.05, 4.69) is 16.0 Å². The number of rotatable bonds is 7. The number of thiophene rings is 1. The Morgan fingerprint density at radius 3 is 2.50 bits per heavy atom. The maximum Gasteiger partial charge on any atom is 0.253 e. The molecule has 148 valence electrons. The van der Waals surface area contributed by atoms with E-state index in [1.165, 1.54) is 17.0 Å². The SMILES string of the molecule is Cc1cc(C(=O)NCCc2ccc(S(N)(=O)=O)cc2)c(C)n1Cc1cccs1. The van der Waals surface area contributed by atoms with Crippen LogP contribution in [0.25, 0.3) is 0 Å². The number of carbonyl (C=O) groups excluding carboxylic acids is 1. The molecule has 1 amide bonds. The molecule has 3 N–H and O–H groups in total. The average molecular weight is 418 g/mol. The molecule has 1 aromatic carbocycles. The first-order chi connectivity index (χ1) is 13.3. The molecule has 0 bridgehead atoms. The largest absolute Gasteiger partial charge is 0.352 e. The van der Waals surface area contributed by atoms with Crippen molar-refractivity contribution in [3.8, 4) is 0 Å². The molecule has 2 aromatic heterocycles. The highest BCUT2D eigenvalue weighted by Gasteiger charge is 2.16. The topological polar surface area (TPSA) is 94.2 Å². The number of carbonyl (C=O) groups is 1. The van der Waals surface area contributed by atoms with Crippen LogP contribution in [-0.2, 0) is 23.0 Å². The van der Waals surface area contributed by atoms with Crippen molar-refractivity contribution in [2.45, 2.75) is 31.7 Å². The molecule has 0 aliphatic rings. The molecule has 0 saturated heterocycles. The van der Waals surface area contributed by atoms with E-state index in [1.807, 2.05) is 31.4 Å². The van der Waals surface area contributed by atoms with Gasteiger partial charge in [-0.3, -0.25) is 4.79 Å². The van der Waals surface area contributed by atoms with Gasteiger partial charge in [-0.25, -0.2) is 13.6 Å². The second kappa shape index (κ2) is 8.30. The Balaban J connectivity index is 1.61. The van der Waals surface area contributed by atoms with Crippen LogP contribution in [0.5, 0.6) is 0 Å². The van der Waals surface area contributed by atoms with Crippen LogP contribution in [0.4, 0.5) is 0 Å². The number of benzene rings is 1. The van der Waals surface area contributed by atoms with Gasteiger partial charge in [0.2, 0.25) is 10.0 Å². The fourth-order valence-corrected chi connectivity index (χ4v) is 4.30. The van der Waals surface area contributed by atoms with Crippen LogP contribution in [-0.4, -0.2) is 25.4 Å². The molecule has 3 rings (SSSR count). The minimum atomic E-state index is -3.69. The smallest absolute Gasteiger partial charge is 0.253 e. The highest BCUT2D eigenvalue weighted by atomic mass is 32.2. The molecule has 8 heteroatoms. The number of hydrogen-bond acceptors (Lipinski definition) is 4. The fourth-order valence-electron chi connectivity index (χ4n) is 3.09. The summed E-state index contributed by atoms with van der Waals surface area (Å²) in [5, 5.41) is 10.1. The number of aryl methyl sites for hydroxylation is 1. The van der Waals surface area contributed by atoms with Crippen LogP contribution in [0.15, 0.2) is 52.7 Å². The molecule has 0 aliphatic carbocycles. The van der Waals surface area contributed by atoms with Gasteiger partial charge >= 0.3 is 0 Å². The first-order valence-electron chi connectivity index (χ1n) is 8.85. The van der Waals surface area contributed by atoms with Gasteiger partial charge in [-0.2, -0.15) is 0 Å². The van der Waals surface area contributed by atoms with Crippen molar-refractivity contribution in [2.75, 3.05) is 6.54 Å². The minimum Gasteiger partial charge on any atom is -0.352 e. The van der Waals surface area contributed by atoms with Gasteiger partial charge in [0, 0.05) is 22.8 Å². The number of nitrogens with one attached hydrogen (secondary N) is 1. The van der Waals surface area contributed by atoms with Gasteiger partial charge in [0.1, 0.15) is 0 Å². The fraction of sp³-hybridized carbons (Fsp3) is 0.250. The first-order valence-corrected chi connectivity index (χ1v) is 11.3. The highest BCUT2D eigenvalue weighted by Crippen LogP contribution is 2.19. The summed E-state index contributed by atoms with van der Waals surface area (Å²) in [6.07, 6.45) is 0.602. The maximum absolute atomic E-state index is 12.6. The summed E-state index contributed by atoms with van der Waals surface area (Å²) < 4.78 is 24.7. The van der Waals surface area contributed by atoms with Crippen LogP contribution >= 0.6 is 11.3 Å². The number of nitrogens with zero attached hydrogens (tertiary/aromatic N) is 1. The highest BCUT2D eigenvalue weighted by molar-refractivity contribution is 7.89. The number of nitrogens with two attached hydrogens (primary N) is 1. The van der Waals surface area contributed by atoms with Gasteiger partial charge in [-0.15, -0.1) is 11.3 Å². The van der Waals surface area contributed by atoms with Crippen molar-refractivity contribution < 1.29 is 13.2 Å². The van der Waals surface area contributed by atoms with E-state index in [0.29, 0.717) is 18.5 Å². The molecule has 0 aliphatic heterocycles. The molecule has 0 saturated carbocycles. The lowest BCUT2D eigenvalue weighted by Crippen LogP contribution is -2.26. The lowest BCUT2D eigenvalue weighted by Gasteiger charge is -2.09. The van der Waals surface area contributed by atoms with Crippen molar-refractivity contribution in [3.05, 3.63) is 75.2 Å². The van der Waals surface area contributed by atoms with Crippen LogP contribution in [0.3, 0.4) is 0 Å². The van der Waals surface area contributed by atoms with Gasteiger partial charge in [0.15, 0.2) is 0 Å². The third kappa shape index (κ3) is 4.70. The molecule has 0 fully saturated rings. The molecule has 0 radical (unpaired) electrons. The summed E-state index contributed by atoms with van der Waals surface area (Å²) >= 11 is 1.70. The van der Waals surface area contributed by atoms with E-state index in [-0.39, 0.29) is 10.8 Å². The summed E-state index contributed by atoms with van der Waals surface area (Å²) in [5.41, 5.74) is 3.60. The lowest BCUT2D eigenvalue weighted by molar-refractivity contribution is 0.0953. The van der Waals surface area contributed by atoms with E-state index in [4.69, 9.17) is 5.14 Å². The van der Waals surface area contributed by atoms with Gasteiger partial charge in [0.05, 0.1) is 17.0 Å². The zero-order valence-electron chi connectivity index (χ0n) is 15.8. The van der Waals surface area contributed by atoms with Crippen LogP contribution in [0.2, 0.25) is 0 Å². The van der Waals surface area contributed by atoms with Gasteiger partial charge in [0.25, 0.3) is 5.91 Å². The van der Waals surface area contributed by atoms with E-state index in [1.54, 1.807) is 23.5 Å². The van der Waals surface area contributed by atoms with Crippen molar-refractivity contribution >= 4 is 27.3 Å². The third-order valence-electron chi connectivity index (χ3n) is 4.66. The molecule has 6 nitrogen and oxygen atoms in total. The van der Waals surface area contributed by atoms with Crippen molar-refractivity contribution in [3.63, 3.8) is 0 Å². The Hall–Kier alpha value is -2.42. The first kappa shape index (κ1) is 20.3. The maximum atomic E-state index is 12.6. The Morgan fingerprint density at radius 1 is 1.18 bits per heavy atom. The molecular weight excluding hydrogens is 394 g/mol. The van der Waals surface area contributed by atoms with Gasteiger partial charge in [-0.05, 0) is 55.5 Å². The Bertz CT molecular complexity index is 1070. The molecule has 0 atom stereocenters. The monoisotopic (exact) mass is 417 g/mol. The summed E-state index contributed by atoms with van der Waals surface area (Å²) in [7, 11) is -3.69. The van der Waals surface area contributed by atoms with Gasteiger partial charge in [-0.1, -0.05) is 18.2 Å². The van der Waals surface area contributed by atoms with Crippen LogP contribution in [0.1, 0.15) is 32.2 Å². The molecular formula is C20H23N3O3S2. The predicted octanol–water partition coefficient (Wildman–Crippen LogP) is 2.83. The molecule has 2 heterocycles. The minimum absolute atomic E-state index is 0.0819. The Morgan fingerprint density at radius 2 is 1.89 bits per heavy atom. The quantitative estimate of drug-likeness (QED) is 0.619. The Kier molecular flexibility index (Phi) is 6.02. The molecule has 0 unspecified atom stereocenters. The van der Waals surface area contributed by atoms with E-state index in [0.717, 1.165) is 23.5 Å². The van der Waals surface area contributed by atoms with E-state index < -0.39 is 10.0 Å². The van der Waals surface area contributed by atoms with Crippen molar-refractivity contribution in [1.82, 2.24) is 9.88 Å². The second-order valence-electron chi connectivity index (χ2n) is 6.65. The number of primary sulfonamides is 1. The average Bonchev–Trinajstić information content (AvgIpc) is 3.25. The van der Waals surface area contributed by atoms with Crippen molar-refractivity contribution in [1.29, 1.82) is 0 Å². The van der Waals surface area contributed by atoms with E-state index >= 15 is 0 Å². The number of hydrogen-bond donors (Lipinski definition) is 2. The molecule has 3 aromatic rings. The number of aromatic nitrogens is 1. The normalized spacial score (nSPS) is 11.5. The molecule has 0 spiro atoms. The summed E-state index contributed by atoms with van der Waals surface area (Å²) in [4.78, 5) is 13.9. The van der Waals surface area contributed by atoms with Gasteiger partial charge < -0.3 is 9.88 Å². The zero-order chi connectivity index (χ0) is 20.3. The summed E-state index contributed by atoms with van der Waals surface area (Å²) in [5.74, 6) is -0.105. The standard InChI is InChI=1S/C20H23N3O3S2/c1-14-12-19(15(2)23(14)13-17-4-3-11-27-17)20(24)22-10-9-16-5-7-18(8-6-16)28(21,25)26/h3-8,11-12H,9-10,13H2,1-2H3,(H,22,24)(H2,21,25,26). The second-order valence-corrected chi connectivity index (χ2v) is 9.24. The summed E-state index contributed by atoms with van der Waals surface area (Å²) in [6, 6.07) is 12.4. The molecule has 28 heavy (non-hydrogen) atoms. The van der Waals surface area contributed by atoms with Crippen LogP contribution in [0, 0.1) is 13.8 Å². The lowest BCUT2D eigenvalue weighted by atomic mass is 10.1. The van der Waals surface area contributed by atoms with Crippen molar-refractivity contribution in [2.24, 2.45) is 5.14 Å².